The second-order valence-corrected chi connectivity index (χ2v) is 6.59. The van der Waals surface area contributed by atoms with E-state index in [9.17, 15) is 17.2 Å². The van der Waals surface area contributed by atoms with Gasteiger partial charge in [0.05, 0.1) is 4.90 Å². The van der Waals surface area contributed by atoms with Crippen molar-refractivity contribution in [2.45, 2.75) is 24.0 Å². The van der Waals surface area contributed by atoms with Gasteiger partial charge in [0.1, 0.15) is 0 Å². The Morgan fingerprint density at radius 3 is 2.32 bits per heavy atom. The molecule has 0 radical (unpaired) electrons. The number of hydrogen-bond donors (Lipinski definition) is 1. The number of anilines is 1. The summed E-state index contributed by atoms with van der Waals surface area (Å²) in [5.41, 5.74) is 0.689. The Balaban J connectivity index is 2.67. The molecule has 0 aliphatic rings. The van der Waals surface area contributed by atoms with E-state index in [2.05, 4.69) is 5.32 Å². The molecule has 0 saturated carbocycles. The largest absolute Gasteiger partial charge is 0.385 e. The molecule has 0 saturated heterocycles. The zero-order chi connectivity index (χ0) is 14.5. The fourth-order valence-corrected chi connectivity index (χ4v) is 2.54. The van der Waals surface area contributed by atoms with Gasteiger partial charge in [-0.3, -0.25) is 0 Å². The predicted molar refractivity (Wildman–Crippen MR) is 72.6 cm³/mol. The number of sulfone groups is 1. The molecule has 1 atom stereocenters. The molecule has 0 aliphatic heterocycles. The van der Waals surface area contributed by atoms with Crippen molar-refractivity contribution in [2.75, 3.05) is 17.7 Å². The van der Waals surface area contributed by atoms with Gasteiger partial charge in [0.25, 0.3) is 0 Å². The molecular weight excluding hydrogens is 296 g/mol. The molecule has 3 nitrogen and oxygen atoms in total. The molecule has 0 fully saturated rings. The summed E-state index contributed by atoms with van der Waals surface area (Å²) in [5.74, 6) is -2.44. The van der Waals surface area contributed by atoms with E-state index in [-0.39, 0.29) is 4.90 Å². The summed E-state index contributed by atoms with van der Waals surface area (Å²) in [6.45, 7) is 2.72. The van der Waals surface area contributed by atoms with Crippen LogP contribution in [0.2, 0.25) is 0 Å². The van der Waals surface area contributed by atoms with Gasteiger partial charge in [0.2, 0.25) is 9.84 Å². The molecule has 108 valence electrons. The third kappa shape index (κ3) is 4.62. The number of hydrogen-bond acceptors (Lipinski definition) is 3. The molecule has 0 aliphatic carbocycles. The summed E-state index contributed by atoms with van der Waals surface area (Å²) in [4.78, 5) is -0.373. The van der Waals surface area contributed by atoms with Crippen LogP contribution in [0.15, 0.2) is 29.2 Å². The van der Waals surface area contributed by atoms with Crippen LogP contribution in [0.4, 0.5) is 14.5 Å². The van der Waals surface area contributed by atoms with Crippen LogP contribution in [-0.2, 0) is 9.84 Å². The maximum Gasteiger partial charge on any atom is 0.341 e. The first-order chi connectivity index (χ1) is 8.87. The van der Waals surface area contributed by atoms with Crippen molar-refractivity contribution >= 4 is 27.1 Å². The van der Waals surface area contributed by atoms with Crippen molar-refractivity contribution < 1.29 is 17.2 Å². The quantitative estimate of drug-likeness (QED) is 0.785. The van der Waals surface area contributed by atoms with Crippen LogP contribution < -0.4 is 5.32 Å². The minimum atomic E-state index is -4.51. The number of alkyl halides is 3. The monoisotopic (exact) mass is 311 g/mol. The Morgan fingerprint density at radius 1 is 1.26 bits per heavy atom. The molecular formula is C12H16ClF2NO2S. The standard InChI is InChI=1S/C12H16ClF2NO2S/c1-9(6-7-13)8-16-10-2-4-11(5-3-10)19(17,18)12(14)15/h2-5,9,12,16H,6-8H2,1H3. The number of halogens is 3. The van der Waals surface area contributed by atoms with Gasteiger partial charge in [-0.05, 0) is 36.6 Å². The molecule has 1 unspecified atom stereocenters. The number of nitrogens with one attached hydrogen (secondary N) is 1. The van der Waals surface area contributed by atoms with Crippen LogP contribution in [0.25, 0.3) is 0 Å². The van der Waals surface area contributed by atoms with Crippen LogP contribution in [0.3, 0.4) is 0 Å². The summed E-state index contributed by atoms with van der Waals surface area (Å²) < 4.78 is 47.1. The third-order valence-corrected chi connectivity index (χ3v) is 4.29. The Hall–Kier alpha value is -0.880. The van der Waals surface area contributed by atoms with E-state index >= 15 is 0 Å². The fourth-order valence-electron chi connectivity index (χ4n) is 1.45. The molecule has 0 amide bonds. The second-order valence-electron chi connectivity index (χ2n) is 4.29. The van der Waals surface area contributed by atoms with E-state index in [0.29, 0.717) is 24.0 Å². The lowest BCUT2D eigenvalue weighted by Crippen LogP contribution is -2.13. The highest BCUT2D eigenvalue weighted by atomic mass is 35.5. The third-order valence-electron chi connectivity index (χ3n) is 2.67. The summed E-state index contributed by atoms with van der Waals surface area (Å²) in [6.07, 6.45) is 0.867. The van der Waals surface area contributed by atoms with Crippen LogP contribution in [0.1, 0.15) is 13.3 Å². The zero-order valence-corrected chi connectivity index (χ0v) is 12.0. The summed E-state index contributed by atoms with van der Waals surface area (Å²) in [6, 6.07) is 5.30. The minimum Gasteiger partial charge on any atom is -0.385 e. The molecule has 1 aromatic rings. The lowest BCUT2D eigenvalue weighted by atomic mass is 10.1. The predicted octanol–water partition coefficient (Wildman–Crippen LogP) is 3.36. The molecule has 0 spiro atoms. The van der Waals surface area contributed by atoms with Gasteiger partial charge >= 0.3 is 5.76 Å². The molecule has 7 heteroatoms. The van der Waals surface area contributed by atoms with Crippen molar-refractivity contribution in [3.63, 3.8) is 0 Å². The minimum absolute atomic E-state index is 0.373. The zero-order valence-electron chi connectivity index (χ0n) is 10.4. The lowest BCUT2D eigenvalue weighted by molar-refractivity contribution is 0.234. The first-order valence-corrected chi connectivity index (χ1v) is 7.88. The van der Waals surface area contributed by atoms with Gasteiger partial charge in [-0.15, -0.1) is 11.6 Å². The molecule has 1 N–H and O–H groups in total. The Bertz CT molecular complexity index is 491. The highest BCUT2D eigenvalue weighted by Crippen LogP contribution is 2.20. The smallest absolute Gasteiger partial charge is 0.341 e. The average molecular weight is 312 g/mol. The van der Waals surface area contributed by atoms with Crippen molar-refractivity contribution in [1.29, 1.82) is 0 Å². The SMILES string of the molecule is CC(CCCl)CNc1ccc(S(=O)(=O)C(F)F)cc1. The van der Waals surface area contributed by atoms with E-state index in [1.54, 1.807) is 0 Å². The molecule has 19 heavy (non-hydrogen) atoms. The molecule has 1 rings (SSSR count). The summed E-state index contributed by atoms with van der Waals surface area (Å²) >= 11 is 5.61. The highest BCUT2D eigenvalue weighted by Gasteiger charge is 2.26. The maximum absolute atomic E-state index is 12.3. The van der Waals surface area contributed by atoms with Gasteiger partial charge in [-0.25, -0.2) is 8.42 Å². The molecule has 0 bridgehead atoms. The van der Waals surface area contributed by atoms with Crippen LogP contribution in [0, 0.1) is 5.92 Å². The van der Waals surface area contributed by atoms with E-state index in [4.69, 9.17) is 11.6 Å². The van der Waals surface area contributed by atoms with E-state index in [0.717, 1.165) is 6.42 Å². The molecule has 1 aromatic carbocycles. The molecule has 0 heterocycles. The normalized spacial score (nSPS) is 13.5. The summed E-state index contributed by atoms with van der Waals surface area (Å²) in [5, 5.41) is 3.10. The first-order valence-electron chi connectivity index (χ1n) is 5.80. The Morgan fingerprint density at radius 2 is 1.84 bits per heavy atom. The van der Waals surface area contributed by atoms with E-state index in [1.807, 2.05) is 6.92 Å². The average Bonchev–Trinajstić information content (AvgIpc) is 2.37. The summed E-state index contributed by atoms with van der Waals surface area (Å²) in [7, 11) is -4.51. The van der Waals surface area contributed by atoms with E-state index in [1.165, 1.54) is 24.3 Å². The first kappa shape index (κ1) is 16.2. The fraction of sp³-hybridized carbons (Fsp3) is 0.500. The van der Waals surface area contributed by atoms with Crippen LogP contribution in [-0.4, -0.2) is 26.6 Å². The van der Waals surface area contributed by atoms with Crippen molar-refractivity contribution in [3.05, 3.63) is 24.3 Å². The van der Waals surface area contributed by atoms with Gasteiger partial charge in [0, 0.05) is 18.1 Å². The number of rotatable bonds is 7. The van der Waals surface area contributed by atoms with Gasteiger partial charge in [-0.2, -0.15) is 8.78 Å². The maximum atomic E-state index is 12.3. The Kier molecular flexibility index (Phi) is 6.00. The lowest BCUT2D eigenvalue weighted by Gasteiger charge is -2.12. The van der Waals surface area contributed by atoms with Gasteiger partial charge in [0.15, 0.2) is 0 Å². The molecule has 0 aromatic heterocycles. The van der Waals surface area contributed by atoms with E-state index < -0.39 is 15.6 Å². The Labute approximate surface area is 116 Å². The highest BCUT2D eigenvalue weighted by molar-refractivity contribution is 7.91. The van der Waals surface area contributed by atoms with Crippen LogP contribution >= 0.6 is 11.6 Å². The van der Waals surface area contributed by atoms with Crippen molar-refractivity contribution in [2.24, 2.45) is 5.92 Å². The van der Waals surface area contributed by atoms with Crippen molar-refractivity contribution in [1.82, 2.24) is 0 Å². The van der Waals surface area contributed by atoms with Gasteiger partial charge < -0.3 is 5.32 Å². The van der Waals surface area contributed by atoms with Gasteiger partial charge in [-0.1, -0.05) is 6.92 Å². The van der Waals surface area contributed by atoms with Crippen molar-refractivity contribution in [3.8, 4) is 0 Å². The second kappa shape index (κ2) is 7.05. The van der Waals surface area contributed by atoms with Crippen LogP contribution in [0.5, 0.6) is 0 Å². The number of benzene rings is 1. The topological polar surface area (TPSA) is 46.2 Å².